The fourth-order valence-corrected chi connectivity index (χ4v) is 2.06. The number of nitro groups is 1. The maximum absolute atomic E-state index is 11.9. The van der Waals surface area contributed by atoms with Gasteiger partial charge in [0, 0.05) is 23.4 Å². The third kappa shape index (κ3) is 4.22. The van der Waals surface area contributed by atoms with Crippen LogP contribution in [0.5, 0.6) is 0 Å². The van der Waals surface area contributed by atoms with E-state index in [2.05, 4.69) is 15.6 Å². The van der Waals surface area contributed by atoms with Crippen molar-refractivity contribution in [3.05, 3.63) is 57.4 Å². The van der Waals surface area contributed by atoms with Gasteiger partial charge in [-0.2, -0.15) is 10.2 Å². The number of carbonyl (C=O) groups excluding carboxylic acids is 1. The highest BCUT2D eigenvalue weighted by atomic mass is 16.6. The summed E-state index contributed by atoms with van der Waals surface area (Å²) in [5, 5.41) is 18.9. The molecule has 1 amide bonds. The molecule has 1 aromatic carbocycles. The van der Waals surface area contributed by atoms with Crippen molar-refractivity contribution in [1.29, 1.82) is 0 Å². The number of aromatic nitrogens is 2. The fraction of sp³-hybridized carbons (Fsp3) is 0.267. The molecule has 2 rings (SSSR count). The molecule has 0 saturated heterocycles. The van der Waals surface area contributed by atoms with Gasteiger partial charge in [-0.15, -0.1) is 0 Å². The number of amides is 1. The van der Waals surface area contributed by atoms with E-state index >= 15 is 0 Å². The summed E-state index contributed by atoms with van der Waals surface area (Å²) in [4.78, 5) is 22.2. The Morgan fingerprint density at radius 2 is 2.13 bits per heavy atom. The average Bonchev–Trinajstić information content (AvgIpc) is 2.82. The number of benzene rings is 1. The first-order chi connectivity index (χ1) is 10.9. The molecular weight excluding hydrogens is 298 g/mol. The smallest absolute Gasteiger partial charge is 0.270 e. The normalized spacial score (nSPS) is 11.3. The second-order valence-corrected chi connectivity index (χ2v) is 5.12. The van der Waals surface area contributed by atoms with Crippen molar-refractivity contribution in [3.8, 4) is 0 Å². The van der Waals surface area contributed by atoms with E-state index < -0.39 is 4.92 Å². The van der Waals surface area contributed by atoms with Crippen LogP contribution >= 0.6 is 0 Å². The van der Waals surface area contributed by atoms with E-state index in [9.17, 15) is 14.9 Å². The number of nitrogens with one attached hydrogen (secondary N) is 1. The first-order valence-corrected chi connectivity index (χ1v) is 6.96. The molecule has 0 saturated carbocycles. The Balaban J connectivity index is 2.04. The molecule has 1 heterocycles. The molecule has 0 unspecified atom stereocenters. The van der Waals surface area contributed by atoms with Gasteiger partial charge >= 0.3 is 0 Å². The summed E-state index contributed by atoms with van der Waals surface area (Å²) >= 11 is 0. The Morgan fingerprint density at radius 1 is 1.39 bits per heavy atom. The zero-order chi connectivity index (χ0) is 17.0. The van der Waals surface area contributed by atoms with Crippen LogP contribution in [0.4, 0.5) is 5.69 Å². The van der Waals surface area contributed by atoms with Crippen molar-refractivity contribution in [2.24, 2.45) is 5.10 Å². The number of nitro benzene ring substituents is 1. The van der Waals surface area contributed by atoms with Gasteiger partial charge < -0.3 is 0 Å². The lowest BCUT2D eigenvalue weighted by atomic mass is 10.1. The molecule has 2 aromatic rings. The molecule has 0 radical (unpaired) electrons. The summed E-state index contributed by atoms with van der Waals surface area (Å²) in [5.41, 5.74) is 5.19. The van der Waals surface area contributed by atoms with Crippen LogP contribution in [0.1, 0.15) is 23.9 Å². The largest absolute Gasteiger partial charge is 0.271 e. The summed E-state index contributed by atoms with van der Waals surface area (Å²) < 4.78 is 1.59. The Labute approximate surface area is 133 Å². The van der Waals surface area contributed by atoms with Crippen molar-refractivity contribution < 1.29 is 9.72 Å². The molecule has 1 N–H and O–H groups in total. The second kappa shape index (κ2) is 6.82. The predicted molar refractivity (Wildman–Crippen MR) is 85.2 cm³/mol. The molecule has 0 atom stereocenters. The maximum atomic E-state index is 11.9. The number of hydrogen-bond donors (Lipinski definition) is 1. The minimum Gasteiger partial charge on any atom is -0.271 e. The Hall–Kier alpha value is -3.03. The lowest BCUT2D eigenvalue weighted by Gasteiger charge is -2.05. The Bertz CT molecular complexity index is 779. The molecular formula is C15H17N5O3. The van der Waals surface area contributed by atoms with E-state index in [1.54, 1.807) is 23.7 Å². The quantitative estimate of drug-likeness (QED) is 0.517. The number of carbonyl (C=O) groups is 1. The molecule has 0 aliphatic rings. The van der Waals surface area contributed by atoms with Crippen LogP contribution in [0.15, 0.2) is 35.4 Å². The number of hydrogen-bond acceptors (Lipinski definition) is 5. The first-order valence-electron chi connectivity index (χ1n) is 6.96. The molecule has 1 aromatic heterocycles. The minimum atomic E-state index is -0.474. The van der Waals surface area contributed by atoms with Crippen LogP contribution in [0.3, 0.4) is 0 Å². The Morgan fingerprint density at radius 3 is 2.74 bits per heavy atom. The number of nitrogens with zero attached hydrogens (tertiary/aromatic N) is 4. The van der Waals surface area contributed by atoms with Crippen molar-refractivity contribution in [3.63, 3.8) is 0 Å². The number of hydrazone groups is 1. The van der Waals surface area contributed by atoms with Crippen LogP contribution in [-0.4, -0.2) is 26.3 Å². The topological polar surface area (TPSA) is 102 Å². The number of rotatable bonds is 5. The van der Waals surface area contributed by atoms with E-state index in [0.29, 0.717) is 11.3 Å². The monoisotopic (exact) mass is 315 g/mol. The van der Waals surface area contributed by atoms with Gasteiger partial charge in [-0.1, -0.05) is 12.1 Å². The van der Waals surface area contributed by atoms with Gasteiger partial charge in [0.2, 0.25) is 0 Å². The molecule has 23 heavy (non-hydrogen) atoms. The van der Waals surface area contributed by atoms with Gasteiger partial charge in [0.1, 0.15) is 6.54 Å². The highest BCUT2D eigenvalue weighted by Crippen LogP contribution is 2.13. The predicted octanol–water partition coefficient (Wildman–Crippen LogP) is 1.95. The van der Waals surface area contributed by atoms with Crippen molar-refractivity contribution in [2.75, 3.05) is 0 Å². The van der Waals surface area contributed by atoms with Gasteiger partial charge in [0.15, 0.2) is 0 Å². The summed E-state index contributed by atoms with van der Waals surface area (Å²) in [6.45, 7) is 5.45. The van der Waals surface area contributed by atoms with E-state index in [0.717, 1.165) is 11.4 Å². The van der Waals surface area contributed by atoms with Crippen LogP contribution < -0.4 is 5.43 Å². The van der Waals surface area contributed by atoms with Gasteiger partial charge in [-0.3, -0.25) is 19.6 Å². The first kappa shape index (κ1) is 16.3. The fourth-order valence-electron chi connectivity index (χ4n) is 2.06. The molecule has 0 aliphatic carbocycles. The zero-order valence-electron chi connectivity index (χ0n) is 13.1. The van der Waals surface area contributed by atoms with Gasteiger partial charge in [0.25, 0.3) is 11.6 Å². The summed E-state index contributed by atoms with van der Waals surface area (Å²) in [6, 6.07) is 7.96. The highest BCUT2D eigenvalue weighted by Gasteiger charge is 2.09. The van der Waals surface area contributed by atoms with Crippen LogP contribution in [0.25, 0.3) is 0 Å². The maximum Gasteiger partial charge on any atom is 0.270 e. The van der Waals surface area contributed by atoms with Crippen molar-refractivity contribution in [1.82, 2.24) is 15.2 Å². The standard InChI is InChI=1S/C15H17N5O3/c1-10-7-11(2)19(18-10)9-15(21)17-16-12(3)13-5-4-6-14(8-13)20(22)23/h4-8H,9H2,1-3H3,(H,17,21)/b16-12-. The lowest BCUT2D eigenvalue weighted by Crippen LogP contribution is -2.25. The third-order valence-electron chi connectivity index (χ3n) is 3.22. The molecule has 8 nitrogen and oxygen atoms in total. The number of aryl methyl sites for hydroxylation is 2. The highest BCUT2D eigenvalue weighted by molar-refractivity contribution is 5.99. The lowest BCUT2D eigenvalue weighted by molar-refractivity contribution is -0.384. The Kier molecular flexibility index (Phi) is 4.85. The molecule has 8 heteroatoms. The van der Waals surface area contributed by atoms with Crippen molar-refractivity contribution in [2.45, 2.75) is 27.3 Å². The van der Waals surface area contributed by atoms with Crippen LogP contribution in [-0.2, 0) is 11.3 Å². The van der Waals surface area contributed by atoms with Crippen molar-refractivity contribution >= 4 is 17.3 Å². The zero-order valence-corrected chi connectivity index (χ0v) is 13.1. The second-order valence-electron chi connectivity index (χ2n) is 5.12. The third-order valence-corrected chi connectivity index (χ3v) is 3.22. The van der Waals surface area contributed by atoms with Gasteiger partial charge in [-0.25, -0.2) is 5.43 Å². The summed E-state index contributed by atoms with van der Waals surface area (Å²) in [7, 11) is 0. The van der Waals surface area contributed by atoms with Crippen LogP contribution in [0, 0.1) is 24.0 Å². The molecule has 0 spiro atoms. The van der Waals surface area contributed by atoms with E-state index in [1.165, 1.54) is 12.1 Å². The van der Waals surface area contributed by atoms with Crippen LogP contribution in [0.2, 0.25) is 0 Å². The van der Waals surface area contributed by atoms with Gasteiger partial charge in [-0.05, 0) is 26.8 Å². The van der Waals surface area contributed by atoms with E-state index in [4.69, 9.17) is 0 Å². The SMILES string of the molecule is C/C(=N/NC(=O)Cn1nc(C)cc1C)c1cccc([N+](=O)[O-])c1. The molecule has 120 valence electrons. The average molecular weight is 315 g/mol. The summed E-state index contributed by atoms with van der Waals surface area (Å²) in [5.74, 6) is -0.319. The van der Waals surface area contributed by atoms with E-state index in [-0.39, 0.29) is 18.1 Å². The van der Waals surface area contributed by atoms with E-state index in [1.807, 2.05) is 19.9 Å². The molecule has 0 bridgehead atoms. The minimum absolute atomic E-state index is 0.0222. The molecule has 0 aliphatic heterocycles. The molecule has 0 fully saturated rings. The van der Waals surface area contributed by atoms with Gasteiger partial charge in [0.05, 0.1) is 16.3 Å². The number of non-ortho nitro benzene ring substituents is 1. The summed E-state index contributed by atoms with van der Waals surface area (Å²) in [6.07, 6.45) is 0.